The molecule has 4 fully saturated rings. The fraction of sp³-hybridized carbons (Fsp3) is 0.455. The number of benzene rings is 2. The number of rotatable bonds is 2. The summed E-state index contributed by atoms with van der Waals surface area (Å²) in [7, 11) is 0. The minimum atomic E-state index is 1.12. The van der Waals surface area contributed by atoms with Crippen LogP contribution in [0.2, 0.25) is 0 Å². The lowest BCUT2D eigenvalue weighted by atomic mass is 9.56. The highest BCUT2D eigenvalue weighted by atomic mass is 14.9. The second kappa shape index (κ2) is 6.78. The molecule has 0 heterocycles. The van der Waals surface area contributed by atoms with Gasteiger partial charge in [0.05, 0.1) is 0 Å². The number of hydrogen-bond donors (Lipinski definition) is 1. The van der Waals surface area contributed by atoms with E-state index in [0.717, 1.165) is 11.4 Å². The smallest absolute Gasteiger partial charge is 0.0384 e. The fourth-order valence-electron chi connectivity index (χ4n) is 5.19. The molecular formula is C22H27N. The summed E-state index contributed by atoms with van der Waals surface area (Å²) in [6.45, 7) is 0. The van der Waals surface area contributed by atoms with Gasteiger partial charge in [0.15, 0.2) is 0 Å². The van der Waals surface area contributed by atoms with Crippen molar-refractivity contribution in [2.45, 2.75) is 38.5 Å². The van der Waals surface area contributed by atoms with Gasteiger partial charge in [-0.1, -0.05) is 36.4 Å². The average molecular weight is 305 g/mol. The molecule has 4 aliphatic rings. The molecular weight excluding hydrogens is 278 g/mol. The Morgan fingerprint density at radius 1 is 0.478 bits per heavy atom. The van der Waals surface area contributed by atoms with Crippen molar-refractivity contribution in [3.63, 3.8) is 0 Å². The molecule has 120 valence electrons. The Morgan fingerprint density at radius 2 is 0.783 bits per heavy atom. The van der Waals surface area contributed by atoms with Gasteiger partial charge in [0.1, 0.15) is 0 Å². The van der Waals surface area contributed by atoms with Crippen molar-refractivity contribution >= 4 is 11.4 Å². The zero-order valence-corrected chi connectivity index (χ0v) is 13.8. The summed E-state index contributed by atoms with van der Waals surface area (Å²) in [5, 5.41) is 3.30. The Hall–Kier alpha value is -1.76. The standard InChI is InChI=1S/C12H11N.C10H16/c1-3-7-11(8-4-1)13-12-9-5-2-6-10-12;1-7-2-9-4-8(1)5-10(3-7)6-9/h1-10,13H;7-10H,1-6H2. The highest BCUT2D eigenvalue weighted by molar-refractivity contribution is 5.58. The van der Waals surface area contributed by atoms with Gasteiger partial charge in [-0.25, -0.2) is 0 Å². The molecule has 0 aromatic heterocycles. The summed E-state index contributed by atoms with van der Waals surface area (Å²) < 4.78 is 0. The first-order valence-corrected chi connectivity index (χ1v) is 9.22. The molecule has 0 unspecified atom stereocenters. The van der Waals surface area contributed by atoms with Crippen LogP contribution in [-0.4, -0.2) is 0 Å². The Kier molecular flexibility index (Phi) is 4.37. The van der Waals surface area contributed by atoms with Crippen LogP contribution >= 0.6 is 0 Å². The minimum Gasteiger partial charge on any atom is -0.356 e. The largest absolute Gasteiger partial charge is 0.356 e. The summed E-state index contributed by atoms with van der Waals surface area (Å²) in [5.74, 6) is 4.71. The van der Waals surface area contributed by atoms with E-state index in [-0.39, 0.29) is 0 Å². The average Bonchev–Trinajstić information content (AvgIpc) is 2.56. The van der Waals surface area contributed by atoms with Crippen molar-refractivity contribution in [2.24, 2.45) is 23.7 Å². The van der Waals surface area contributed by atoms with E-state index in [1.807, 2.05) is 60.7 Å². The van der Waals surface area contributed by atoms with Crippen LogP contribution in [0.5, 0.6) is 0 Å². The van der Waals surface area contributed by atoms with E-state index in [9.17, 15) is 0 Å². The molecule has 2 aromatic rings. The molecule has 1 N–H and O–H groups in total. The summed E-state index contributed by atoms with van der Waals surface area (Å²) >= 11 is 0. The van der Waals surface area contributed by atoms with Crippen LogP contribution < -0.4 is 5.32 Å². The van der Waals surface area contributed by atoms with Gasteiger partial charge in [0.25, 0.3) is 0 Å². The highest BCUT2D eigenvalue weighted by Crippen LogP contribution is 2.53. The number of hydrogen-bond acceptors (Lipinski definition) is 1. The predicted molar refractivity (Wildman–Crippen MR) is 97.8 cm³/mol. The van der Waals surface area contributed by atoms with Crippen molar-refractivity contribution in [3.8, 4) is 0 Å². The molecule has 2 aromatic carbocycles. The second-order valence-electron chi connectivity index (χ2n) is 7.74. The topological polar surface area (TPSA) is 12.0 Å². The second-order valence-corrected chi connectivity index (χ2v) is 7.74. The van der Waals surface area contributed by atoms with Gasteiger partial charge in [0, 0.05) is 11.4 Å². The molecule has 0 atom stereocenters. The Morgan fingerprint density at radius 3 is 1.09 bits per heavy atom. The van der Waals surface area contributed by atoms with Gasteiger partial charge in [-0.2, -0.15) is 0 Å². The lowest BCUT2D eigenvalue weighted by molar-refractivity contribution is 0.0198. The number of nitrogens with one attached hydrogen (secondary N) is 1. The molecule has 4 aliphatic carbocycles. The molecule has 0 spiro atoms. The Bertz CT molecular complexity index is 510. The first kappa shape index (κ1) is 14.8. The maximum absolute atomic E-state index is 3.30. The van der Waals surface area contributed by atoms with Crippen molar-refractivity contribution in [1.82, 2.24) is 0 Å². The number of anilines is 2. The summed E-state index contributed by atoms with van der Waals surface area (Å²) in [5.41, 5.74) is 2.24. The third-order valence-corrected chi connectivity index (χ3v) is 5.84. The van der Waals surface area contributed by atoms with Crippen molar-refractivity contribution in [3.05, 3.63) is 60.7 Å². The molecule has 4 saturated carbocycles. The predicted octanol–water partition coefficient (Wildman–Crippen LogP) is 6.26. The molecule has 23 heavy (non-hydrogen) atoms. The molecule has 0 aliphatic heterocycles. The number of para-hydroxylation sites is 2. The third kappa shape index (κ3) is 3.77. The van der Waals surface area contributed by atoms with Gasteiger partial charge in [-0.3, -0.25) is 0 Å². The van der Waals surface area contributed by atoms with E-state index >= 15 is 0 Å². The third-order valence-electron chi connectivity index (χ3n) is 5.84. The molecule has 1 nitrogen and oxygen atoms in total. The van der Waals surface area contributed by atoms with Gasteiger partial charge in [-0.05, 0) is 86.5 Å². The van der Waals surface area contributed by atoms with E-state index in [2.05, 4.69) is 5.32 Å². The summed E-state index contributed by atoms with van der Waals surface area (Å²) in [6, 6.07) is 20.3. The van der Waals surface area contributed by atoms with E-state index < -0.39 is 0 Å². The van der Waals surface area contributed by atoms with Crippen molar-refractivity contribution in [2.75, 3.05) is 5.32 Å². The molecule has 0 amide bonds. The maximum atomic E-state index is 3.30. The zero-order valence-electron chi connectivity index (χ0n) is 13.8. The Balaban J connectivity index is 0.000000121. The fourth-order valence-corrected chi connectivity index (χ4v) is 5.19. The highest BCUT2D eigenvalue weighted by Gasteiger charge is 2.41. The van der Waals surface area contributed by atoms with Gasteiger partial charge < -0.3 is 5.32 Å². The molecule has 0 radical (unpaired) electrons. The molecule has 4 bridgehead atoms. The van der Waals surface area contributed by atoms with Crippen LogP contribution in [0.15, 0.2) is 60.7 Å². The summed E-state index contributed by atoms with van der Waals surface area (Å²) in [4.78, 5) is 0. The lowest BCUT2D eigenvalue weighted by Gasteiger charge is -2.49. The SMILES string of the molecule is C1C2CC3CC1CC(C2)C3.c1ccc(Nc2ccccc2)cc1. The van der Waals surface area contributed by atoms with Crippen LogP contribution in [0.3, 0.4) is 0 Å². The minimum absolute atomic E-state index is 1.12. The van der Waals surface area contributed by atoms with E-state index in [4.69, 9.17) is 0 Å². The van der Waals surface area contributed by atoms with Crippen molar-refractivity contribution in [1.29, 1.82) is 0 Å². The van der Waals surface area contributed by atoms with Gasteiger partial charge in [-0.15, -0.1) is 0 Å². The maximum Gasteiger partial charge on any atom is 0.0384 e. The molecule has 1 heteroatoms. The van der Waals surface area contributed by atoms with Crippen LogP contribution in [0, 0.1) is 23.7 Å². The van der Waals surface area contributed by atoms with Gasteiger partial charge >= 0.3 is 0 Å². The Labute approximate surface area is 140 Å². The monoisotopic (exact) mass is 305 g/mol. The molecule has 0 saturated heterocycles. The lowest BCUT2D eigenvalue weighted by Crippen LogP contribution is -2.38. The van der Waals surface area contributed by atoms with E-state index in [1.54, 1.807) is 38.5 Å². The van der Waals surface area contributed by atoms with E-state index in [0.29, 0.717) is 0 Å². The zero-order chi connectivity index (χ0) is 15.5. The van der Waals surface area contributed by atoms with Crippen LogP contribution in [0.1, 0.15) is 38.5 Å². The first-order valence-electron chi connectivity index (χ1n) is 9.22. The normalized spacial score (nSPS) is 30.4. The first-order chi connectivity index (χ1) is 11.3. The van der Waals surface area contributed by atoms with Crippen molar-refractivity contribution < 1.29 is 0 Å². The van der Waals surface area contributed by atoms with E-state index in [1.165, 1.54) is 23.7 Å². The molecule has 6 rings (SSSR count). The van der Waals surface area contributed by atoms with Gasteiger partial charge in [0.2, 0.25) is 0 Å². The van der Waals surface area contributed by atoms with Crippen LogP contribution in [0.25, 0.3) is 0 Å². The quantitative estimate of drug-likeness (QED) is 0.690. The van der Waals surface area contributed by atoms with Crippen LogP contribution in [-0.2, 0) is 0 Å². The summed E-state index contributed by atoms with van der Waals surface area (Å²) in [6.07, 6.45) is 9.62. The van der Waals surface area contributed by atoms with Crippen LogP contribution in [0.4, 0.5) is 11.4 Å².